The van der Waals surface area contributed by atoms with Crippen molar-refractivity contribution in [2.24, 2.45) is 0 Å². The maximum absolute atomic E-state index is 6.63. The van der Waals surface area contributed by atoms with Gasteiger partial charge in [0.25, 0.3) is 0 Å². The minimum atomic E-state index is -0.163. The normalized spacial score (nSPS) is 12.7. The summed E-state index contributed by atoms with van der Waals surface area (Å²) >= 11 is 6.63. The number of rotatable bonds is 5. The molecule has 1 atom stereocenters. The number of furan rings is 1. The molecule has 0 spiro atoms. The zero-order valence-corrected chi connectivity index (χ0v) is 13.3. The van der Waals surface area contributed by atoms with Crippen molar-refractivity contribution in [2.45, 2.75) is 32.6 Å². The molecule has 1 unspecified atom stereocenters. The molecule has 0 aliphatic heterocycles. The van der Waals surface area contributed by atoms with Gasteiger partial charge in [-0.15, -0.1) is 11.6 Å². The molecule has 0 radical (unpaired) electrons. The van der Waals surface area contributed by atoms with Gasteiger partial charge in [-0.3, -0.25) is 0 Å². The molecule has 0 bridgehead atoms. The van der Waals surface area contributed by atoms with Crippen LogP contribution in [-0.4, -0.2) is 13.7 Å². The first kappa shape index (κ1) is 15.1. The topological polar surface area (TPSA) is 22.4 Å². The van der Waals surface area contributed by atoms with Crippen LogP contribution in [0.15, 0.2) is 28.7 Å². The molecule has 0 aliphatic rings. The molecule has 2 rings (SSSR count). The van der Waals surface area contributed by atoms with Gasteiger partial charge in [-0.25, -0.2) is 0 Å². The van der Waals surface area contributed by atoms with E-state index in [9.17, 15) is 0 Å². The van der Waals surface area contributed by atoms with Crippen LogP contribution in [0.25, 0.3) is 0 Å². The van der Waals surface area contributed by atoms with Crippen LogP contribution >= 0.6 is 11.6 Å². The quantitative estimate of drug-likeness (QED) is 0.744. The lowest BCUT2D eigenvalue weighted by Crippen LogP contribution is -1.98. The summed E-state index contributed by atoms with van der Waals surface area (Å²) in [6.07, 6.45) is 0.923. The summed E-state index contributed by atoms with van der Waals surface area (Å²) < 4.78 is 10.8. The van der Waals surface area contributed by atoms with Gasteiger partial charge >= 0.3 is 0 Å². The summed E-state index contributed by atoms with van der Waals surface area (Å²) in [6, 6.07) is 8.40. The summed E-state index contributed by atoms with van der Waals surface area (Å²) in [5.74, 6) is 1.85. The van der Waals surface area contributed by atoms with Gasteiger partial charge in [0.05, 0.1) is 12.0 Å². The Balaban J connectivity index is 2.22. The highest BCUT2D eigenvalue weighted by molar-refractivity contribution is 6.22. The lowest BCUT2D eigenvalue weighted by atomic mass is 9.99. The van der Waals surface area contributed by atoms with Crippen molar-refractivity contribution in [3.63, 3.8) is 0 Å². The molecule has 1 aromatic heterocycles. The van der Waals surface area contributed by atoms with E-state index in [1.54, 1.807) is 7.11 Å². The molecular weight excluding hydrogens is 272 g/mol. The van der Waals surface area contributed by atoms with Crippen molar-refractivity contribution in [3.8, 4) is 0 Å². The lowest BCUT2D eigenvalue weighted by molar-refractivity contribution is 0.202. The third kappa shape index (κ3) is 3.08. The molecule has 0 amide bonds. The Labute approximate surface area is 125 Å². The fourth-order valence-electron chi connectivity index (χ4n) is 2.42. The van der Waals surface area contributed by atoms with Crippen LogP contribution < -0.4 is 0 Å². The van der Waals surface area contributed by atoms with E-state index in [1.807, 2.05) is 13.8 Å². The number of ether oxygens (including phenoxy) is 1. The van der Waals surface area contributed by atoms with Crippen LogP contribution in [0.5, 0.6) is 0 Å². The number of hydrogen-bond donors (Lipinski definition) is 0. The van der Waals surface area contributed by atoms with Crippen LogP contribution in [0, 0.1) is 20.8 Å². The standard InChI is InChI=1S/C17H21ClO2/c1-11-12(2)20-13(3)16(11)17(18)15-7-5-14(6-8-15)9-10-19-4/h5-8,17H,9-10H2,1-4H3. The Kier molecular flexibility index (Phi) is 4.90. The maximum atomic E-state index is 6.63. The molecule has 108 valence electrons. The number of aryl methyl sites for hydroxylation is 2. The monoisotopic (exact) mass is 292 g/mol. The molecule has 0 saturated carbocycles. The summed E-state index contributed by atoms with van der Waals surface area (Å²) in [6.45, 7) is 6.74. The van der Waals surface area contributed by atoms with Crippen LogP contribution in [0.4, 0.5) is 0 Å². The van der Waals surface area contributed by atoms with Gasteiger partial charge in [0.2, 0.25) is 0 Å². The summed E-state index contributed by atoms with van der Waals surface area (Å²) in [7, 11) is 1.72. The van der Waals surface area contributed by atoms with Crippen molar-refractivity contribution in [3.05, 3.63) is 58.0 Å². The zero-order chi connectivity index (χ0) is 14.7. The fraction of sp³-hybridized carbons (Fsp3) is 0.412. The second-order valence-electron chi connectivity index (χ2n) is 5.10. The highest BCUT2D eigenvalue weighted by atomic mass is 35.5. The Bertz CT molecular complexity index is 569. The molecule has 1 heterocycles. The third-order valence-electron chi connectivity index (χ3n) is 3.74. The first-order valence-corrected chi connectivity index (χ1v) is 7.26. The van der Waals surface area contributed by atoms with Crippen LogP contribution in [0.2, 0.25) is 0 Å². The Hall–Kier alpha value is -1.25. The van der Waals surface area contributed by atoms with Gasteiger partial charge in [0.1, 0.15) is 11.5 Å². The van der Waals surface area contributed by atoms with Gasteiger partial charge in [-0.2, -0.15) is 0 Å². The number of alkyl halides is 1. The molecular formula is C17H21ClO2. The first-order valence-electron chi connectivity index (χ1n) is 6.83. The van der Waals surface area contributed by atoms with Crippen molar-refractivity contribution in [1.29, 1.82) is 0 Å². The minimum Gasteiger partial charge on any atom is -0.466 e. The van der Waals surface area contributed by atoms with Crippen molar-refractivity contribution in [2.75, 3.05) is 13.7 Å². The zero-order valence-electron chi connectivity index (χ0n) is 12.5. The van der Waals surface area contributed by atoms with E-state index in [0.717, 1.165) is 41.2 Å². The molecule has 0 saturated heterocycles. The molecule has 1 aromatic carbocycles. The number of halogens is 1. The second kappa shape index (κ2) is 6.47. The Morgan fingerprint density at radius 3 is 2.25 bits per heavy atom. The van der Waals surface area contributed by atoms with E-state index in [-0.39, 0.29) is 5.38 Å². The number of hydrogen-bond acceptors (Lipinski definition) is 2. The highest BCUT2D eigenvalue weighted by Gasteiger charge is 2.20. The SMILES string of the molecule is COCCc1ccc(C(Cl)c2c(C)oc(C)c2C)cc1. The van der Waals surface area contributed by atoms with Crippen molar-refractivity contribution < 1.29 is 9.15 Å². The molecule has 2 aromatic rings. The Morgan fingerprint density at radius 1 is 1.10 bits per heavy atom. The fourth-order valence-corrected chi connectivity index (χ4v) is 2.89. The summed E-state index contributed by atoms with van der Waals surface area (Å²) in [5, 5.41) is -0.163. The Morgan fingerprint density at radius 2 is 1.75 bits per heavy atom. The van der Waals surface area contributed by atoms with E-state index in [1.165, 1.54) is 5.56 Å². The molecule has 3 heteroatoms. The van der Waals surface area contributed by atoms with Gasteiger partial charge in [0.15, 0.2) is 0 Å². The number of benzene rings is 1. The first-order chi connectivity index (χ1) is 9.54. The van der Waals surface area contributed by atoms with Crippen LogP contribution in [0.1, 0.15) is 39.2 Å². The lowest BCUT2D eigenvalue weighted by Gasteiger charge is -2.11. The van der Waals surface area contributed by atoms with Gasteiger partial charge < -0.3 is 9.15 Å². The molecule has 2 nitrogen and oxygen atoms in total. The van der Waals surface area contributed by atoms with E-state index in [0.29, 0.717) is 0 Å². The van der Waals surface area contributed by atoms with Crippen LogP contribution in [0.3, 0.4) is 0 Å². The highest BCUT2D eigenvalue weighted by Crippen LogP contribution is 2.36. The molecule has 20 heavy (non-hydrogen) atoms. The summed E-state index contributed by atoms with van der Waals surface area (Å²) in [4.78, 5) is 0. The minimum absolute atomic E-state index is 0.163. The predicted molar refractivity (Wildman–Crippen MR) is 82.6 cm³/mol. The van der Waals surface area contributed by atoms with E-state index >= 15 is 0 Å². The summed E-state index contributed by atoms with van der Waals surface area (Å²) in [5.41, 5.74) is 4.59. The molecule has 0 aliphatic carbocycles. The van der Waals surface area contributed by atoms with E-state index in [4.69, 9.17) is 20.8 Å². The largest absolute Gasteiger partial charge is 0.466 e. The van der Waals surface area contributed by atoms with Gasteiger partial charge in [-0.05, 0) is 43.9 Å². The van der Waals surface area contributed by atoms with E-state index in [2.05, 4.69) is 31.2 Å². The molecule has 0 N–H and O–H groups in total. The van der Waals surface area contributed by atoms with Crippen LogP contribution in [-0.2, 0) is 11.2 Å². The van der Waals surface area contributed by atoms with Gasteiger partial charge in [-0.1, -0.05) is 24.3 Å². The third-order valence-corrected chi connectivity index (χ3v) is 4.21. The van der Waals surface area contributed by atoms with Gasteiger partial charge in [0, 0.05) is 12.7 Å². The van der Waals surface area contributed by atoms with Crippen molar-refractivity contribution >= 4 is 11.6 Å². The second-order valence-corrected chi connectivity index (χ2v) is 5.54. The maximum Gasteiger partial charge on any atom is 0.106 e. The van der Waals surface area contributed by atoms with Crippen molar-refractivity contribution in [1.82, 2.24) is 0 Å². The average molecular weight is 293 g/mol. The average Bonchev–Trinajstić information content (AvgIpc) is 2.70. The number of methoxy groups -OCH3 is 1. The molecule has 0 fully saturated rings. The smallest absolute Gasteiger partial charge is 0.106 e. The van der Waals surface area contributed by atoms with E-state index < -0.39 is 0 Å². The predicted octanol–water partition coefficient (Wildman–Crippen LogP) is 4.72.